The first-order valence-electron chi connectivity index (χ1n) is 8.01. The SMILES string of the molecule is O=C(NCc1nc(-c2ccc(Cl)cc2)cs1)c1ccc(-n2cnnn2)cc1. The van der Waals surface area contributed by atoms with Crippen molar-refractivity contribution in [2.75, 3.05) is 0 Å². The maximum atomic E-state index is 12.3. The van der Waals surface area contributed by atoms with Crippen LogP contribution in [0.3, 0.4) is 0 Å². The topological polar surface area (TPSA) is 85.6 Å². The number of thiazole rings is 1. The predicted molar refractivity (Wildman–Crippen MR) is 103 cm³/mol. The van der Waals surface area contributed by atoms with Crippen molar-refractivity contribution in [1.29, 1.82) is 0 Å². The summed E-state index contributed by atoms with van der Waals surface area (Å²) in [5.41, 5.74) is 3.20. The fourth-order valence-corrected chi connectivity index (χ4v) is 3.32. The molecule has 134 valence electrons. The van der Waals surface area contributed by atoms with Crippen molar-refractivity contribution >= 4 is 28.8 Å². The van der Waals surface area contributed by atoms with Crippen LogP contribution in [0.4, 0.5) is 0 Å². The second-order valence-electron chi connectivity index (χ2n) is 5.62. The molecule has 1 amide bonds. The Hall–Kier alpha value is -3.10. The minimum absolute atomic E-state index is 0.165. The van der Waals surface area contributed by atoms with Crippen molar-refractivity contribution in [3.05, 3.63) is 75.8 Å². The third-order valence-electron chi connectivity index (χ3n) is 3.83. The maximum absolute atomic E-state index is 12.3. The first-order chi connectivity index (χ1) is 13.2. The lowest BCUT2D eigenvalue weighted by molar-refractivity contribution is 0.0951. The molecule has 2 heterocycles. The minimum Gasteiger partial charge on any atom is -0.346 e. The average Bonchev–Trinajstić information content (AvgIpc) is 3.39. The molecule has 0 aliphatic carbocycles. The summed E-state index contributed by atoms with van der Waals surface area (Å²) in [6.45, 7) is 0.367. The molecule has 0 radical (unpaired) electrons. The highest BCUT2D eigenvalue weighted by molar-refractivity contribution is 7.09. The van der Waals surface area contributed by atoms with Crippen LogP contribution < -0.4 is 5.32 Å². The van der Waals surface area contributed by atoms with Crippen LogP contribution in [0.1, 0.15) is 15.4 Å². The molecule has 0 aliphatic heterocycles. The summed E-state index contributed by atoms with van der Waals surface area (Å²) >= 11 is 7.41. The summed E-state index contributed by atoms with van der Waals surface area (Å²) in [5.74, 6) is -0.165. The van der Waals surface area contributed by atoms with Crippen LogP contribution in [-0.2, 0) is 6.54 Å². The van der Waals surface area contributed by atoms with E-state index >= 15 is 0 Å². The number of benzene rings is 2. The summed E-state index contributed by atoms with van der Waals surface area (Å²) in [4.78, 5) is 16.9. The van der Waals surface area contributed by atoms with E-state index in [1.54, 1.807) is 24.3 Å². The maximum Gasteiger partial charge on any atom is 0.251 e. The van der Waals surface area contributed by atoms with Gasteiger partial charge in [-0.2, -0.15) is 0 Å². The van der Waals surface area contributed by atoms with E-state index in [4.69, 9.17) is 11.6 Å². The van der Waals surface area contributed by atoms with E-state index in [-0.39, 0.29) is 5.91 Å². The number of carbonyl (C=O) groups excluding carboxylic acids is 1. The molecule has 2 aromatic carbocycles. The molecule has 0 spiro atoms. The molecule has 0 unspecified atom stereocenters. The van der Waals surface area contributed by atoms with Crippen molar-refractivity contribution in [1.82, 2.24) is 30.5 Å². The molecule has 2 aromatic heterocycles. The van der Waals surface area contributed by atoms with E-state index < -0.39 is 0 Å². The van der Waals surface area contributed by atoms with Gasteiger partial charge in [-0.15, -0.1) is 16.4 Å². The van der Waals surface area contributed by atoms with E-state index in [9.17, 15) is 4.79 Å². The number of tetrazole rings is 1. The number of hydrogen-bond donors (Lipinski definition) is 1. The number of nitrogens with one attached hydrogen (secondary N) is 1. The van der Waals surface area contributed by atoms with Crippen molar-refractivity contribution < 1.29 is 4.79 Å². The van der Waals surface area contributed by atoms with E-state index in [1.807, 2.05) is 29.6 Å². The highest BCUT2D eigenvalue weighted by atomic mass is 35.5. The van der Waals surface area contributed by atoms with Gasteiger partial charge in [0.05, 0.1) is 17.9 Å². The van der Waals surface area contributed by atoms with Crippen LogP contribution in [0, 0.1) is 0 Å². The number of carbonyl (C=O) groups is 1. The number of rotatable bonds is 5. The van der Waals surface area contributed by atoms with Crippen LogP contribution in [-0.4, -0.2) is 31.1 Å². The molecule has 7 nitrogen and oxygen atoms in total. The van der Waals surface area contributed by atoms with Crippen LogP contribution in [0.2, 0.25) is 5.02 Å². The lowest BCUT2D eigenvalue weighted by Gasteiger charge is -2.04. The van der Waals surface area contributed by atoms with Gasteiger partial charge in [0.1, 0.15) is 11.3 Å². The molecule has 4 aromatic rings. The first kappa shape index (κ1) is 17.3. The van der Waals surface area contributed by atoms with Gasteiger partial charge in [0, 0.05) is 21.5 Å². The van der Waals surface area contributed by atoms with Gasteiger partial charge in [-0.3, -0.25) is 4.79 Å². The normalized spacial score (nSPS) is 10.7. The number of halogens is 1. The monoisotopic (exact) mass is 396 g/mol. The van der Waals surface area contributed by atoms with Crippen molar-refractivity contribution in [2.45, 2.75) is 6.54 Å². The molecule has 0 saturated carbocycles. The smallest absolute Gasteiger partial charge is 0.251 e. The van der Waals surface area contributed by atoms with Gasteiger partial charge in [0.25, 0.3) is 5.91 Å². The van der Waals surface area contributed by atoms with Gasteiger partial charge < -0.3 is 5.32 Å². The van der Waals surface area contributed by atoms with Gasteiger partial charge in [-0.25, -0.2) is 9.67 Å². The van der Waals surface area contributed by atoms with Gasteiger partial charge >= 0.3 is 0 Å². The second kappa shape index (κ2) is 7.65. The predicted octanol–water partition coefficient (Wildman–Crippen LogP) is 3.37. The zero-order valence-corrected chi connectivity index (χ0v) is 15.5. The summed E-state index contributed by atoms with van der Waals surface area (Å²) < 4.78 is 1.52. The van der Waals surface area contributed by atoms with E-state index in [0.717, 1.165) is 22.0 Å². The fourth-order valence-electron chi connectivity index (χ4n) is 2.45. The standard InChI is InChI=1S/C18H13ClN6OS/c19-14-5-1-12(2-6-14)16-10-27-17(22-16)9-20-18(26)13-3-7-15(8-4-13)25-11-21-23-24-25/h1-8,10-11H,9H2,(H,20,26). The van der Waals surface area contributed by atoms with Crippen LogP contribution in [0.25, 0.3) is 16.9 Å². The lowest BCUT2D eigenvalue weighted by atomic mass is 10.2. The molecular formula is C18H13ClN6OS. The van der Waals surface area contributed by atoms with Gasteiger partial charge in [-0.1, -0.05) is 23.7 Å². The fraction of sp³-hybridized carbons (Fsp3) is 0.0556. The Labute approximate surface area is 163 Å². The number of hydrogen-bond acceptors (Lipinski definition) is 6. The zero-order valence-electron chi connectivity index (χ0n) is 13.9. The Morgan fingerprint density at radius 3 is 2.59 bits per heavy atom. The average molecular weight is 397 g/mol. The lowest BCUT2D eigenvalue weighted by Crippen LogP contribution is -2.22. The molecule has 27 heavy (non-hydrogen) atoms. The molecule has 1 N–H and O–H groups in total. The van der Waals surface area contributed by atoms with Crippen LogP contribution in [0.15, 0.2) is 60.2 Å². The first-order valence-corrected chi connectivity index (χ1v) is 9.27. The molecule has 4 rings (SSSR count). The largest absolute Gasteiger partial charge is 0.346 e. The molecule has 9 heteroatoms. The Bertz CT molecular complexity index is 1040. The zero-order chi connectivity index (χ0) is 18.6. The number of aromatic nitrogens is 5. The summed E-state index contributed by atoms with van der Waals surface area (Å²) in [6, 6.07) is 14.5. The molecule has 0 atom stereocenters. The third kappa shape index (κ3) is 4.02. The van der Waals surface area contributed by atoms with E-state index in [2.05, 4.69) is 25.8 Å². The van der Waals surface area contributed by atoms with E-state index in [0.29, 0.717) is 17.1 Å². The summed E-state index contributed by atoms with van der Waals surface area (Å²) in [5, 5.41) is 17.4. The number of nitrogens with zero attached hydrogens (tertiary/aromatic N) is 5. The molecular weight excluding hydrogens is 384 g/mol. The summed E-state index contributed by atoms with van der Waals surface area (Å²) in [6.07, 6.45) is 1.50. The molecule has 0 fully saturated rings. The number of amides is 1. The van der Waals surface area contributed by atoms with Gasteiger partial charge in [0.2, 0.25) is 0 Å². The van der Waals surface area contributed by atoms with Crippen molar-refractivity contribution in [3.63, 3.8) is 0 Å². The van der Waals surface area contributed by atoms with E-state index in [1.165, 1.54) is 22.3 Å². The third-order valence-corrected chi connectivity index (χ3v) is 4.94. The highest BCUT2D eigenvalue weighted by Gasteiger charge is 2.09. The van der Waals surface area contributed by atoms with Crippen LogP contribution >= 0.6 is 22.9 Å². The highest BCUT2D eigenvalue weighted by Crippen LogP contribution is 2.23. The Balaban J connectivity index is 1.38. The minimum atomic E-state index is -0.165. The quantitative estimate of drug-likeness (QED) is 0.559. The molecule has 0 bridgehead atoms. The summed E-state index contributed by atoms with van der Waals surface area (Å²) in [7, 11) is 0. The molecule has 0 aliphatic rings. The van der Waals surface area contributed by atoms with Crippen LogP contribution in [0.5, 0.6) is 0 Å². The van der Waals surface area contributed by atoms with Crippen molar-refractivity contribution in [3.8, 4) is 16.9 Å². The second-order valence-corrected chi connectivity index (χ2v) is 7.00. The van der Waals surface area contributed by atoms with Gasteiger partial charge in [-0.05, 0) is 46.8 Å². The Morgan fingerprint density at radius 1 is 1.11 bits per heavy atom. The van der Waals surface area contributed by atoms with Crippen molar-refractivity contribution in [2.24, 2.45) is 0 Å². The Kier molecular flexibility index (Phi) is 4.91. The Morgan fingerprint density at radius 2 is 1.89 bits per heavy atom. The molecule has 0 saturated heterocycles. The van der Waals surface area contributed by atoms with Gasteiger partial charge in [0.15, 0.2) is 0 Å².